The SMILES string of the molecule is C/C=C(/Cl)c1ccc(CC)cc1C.CC.CC=Nc1c(C)nc(Cl)nc1N.CCCCCOC(C)=O. The minimum absolute atomic E-state index is 0.153. The maximum Gasteiger partial charge on any atom is 0.302 e. The summed E-state index contributed by atoms with van der Waals surface area (Å²) in [4.78, 5) is 21.9. The number of aromatic nitrogens is 2. The summed E-state index contributed by atoms with van der Waals surface area (Å²) in [5.74, 6) is 0.136. The second-order valence-corrected chi connectivity index (χ2v) is 8.13. The van der Waals surface area contributed by atoms with Gasteiger partial charge >= 0.3 is 5.97 Å². The topological polar surface area (TPSA) is 90.5 Å². The van der Waals surface area contributed by atoms with Crippen LogP contribution in [-0.4, -0.2) is 28.8 Å². The Bertz CT molecular complexity index is 938. The minimum Gasteiger partial charge on any atom is -0.466 e. The van der Waals surface area contributed by atoms with Gasteiger partial charge in [-0.1, -0.05) is 76.4 Å². The maximum absolute atomic E-state index is 10.2. The van der Waals surface area contributed by atoms with Gasteiger partial charge in [-0.25, -0.2) is 4.98 Å². The van der Waals surface area contributed by atoms with Gasteiger partial charge in [0.05, 0.1) is 12.3 Å². The third-order valence-electron chi connectivity index (χ3n) is 4.58. The molecule has 202 valence electrons. The van der Waals surface area contributed by atoms with Gasteiger partial charge in [-0.2, -0.15) is 4.98 Å². The third kappa shape index (κ3) is 15.5. The number of carbonyl (C=O) groups excluding carboxylic acids is 1. The number of esters is 1. The fourth-order valence-corrected chi connectivity index (χ4v) is 3.21. The Kier molecular flexibility index (Phi) is 21.6. The molecule has 0 amide bonds. The van der Waals surface area contributed by atoms with E-state index in [1.807, 2.05) is 26.8 Å². The molecule has 2 aromatic rings. The molecule has 36 heavy (non-hydrogen) atoms. The Morgan fingerprint density at radius 2 is 1.78 bits per heavy atom. The highest BCUT2D eigenvalue weighted by atomic mass is 35.5. The summed E-state index contributed by atoms with van der Waals surface area (Å²) >= 11 is 11.6. The molecule has 0 saturated carbocycles. The fraction of sp³-hybridized carbons (Fsp3) is 0.500. The van der Waals surface area contributed by atoms with Crippen LogP contribution in [0.4, 0.5) is 11.5 Å². The van der Waals surface area contributed by atoms with Gasteiger partial charge in [-0.3, -0.25) is 9.79 Å². The molecule has 1 heterocycles. The van der Waals surface area contributed by atoms with Crippen molar-refractivity contribution in [2.24, 2.45) is 4.99 Å². The molecule has 0 bridgehead atoms. The Hall–Kier alpha value is -2.44. The van der Waals surface area contributed by atoms with E-state index in [1.165, 1.54) is 24.5 Å². The van der Waals surface area contributed by atoms with Crippen molar-refractivity contribution in [3.05, 3.63) is 51.9 Å². The van der Waals surface area contributed by atoms with Crippen molar-refractivity contribution in [1.29, 1.82) is 0 Å². The molecule has 0 aliphatic carbocycles. The Labute approximate surface area is 228 Å². The molecule has 0 radical (unpaired) electrons. The molecule has 6 nitrogen and oxygen atoms in total. The lowest BCUT2D eigenvalue weighted by atomic mass is 10.0. The van der Waals surface area contributed by atoms with Crippen molar-refractivity contribution in [3.63, 3.8) is 0 Å². The second-order valence-electron chi connectivity index (χ2n) is 7.39. The van der Waals surface area contributed by atoms with Crippen LogP contribution in [0.15, 0.2) is 29.3 Å². The highest BCUT2D eigenvalue weighted by Gasteiger charge is 2.05. The largest absolute Gasteiger partial charge is 0.466 e. The maximum atomic E-state index is 10.2. The lowest BCUT2D eigenvalue weighted by molar-refractivity contribution is -0.141. The number of aliphatic imine (C=N–C) groups is 1. The molecule has 1 aromatic carbocycles. The number of nitrogens with two attached hydrogens (primary N) is 1. The van der Waals surface area contributed by atoms with Crippen LogP contribution in [0, 0.1) is 13.8 Å². The number of benzene rings is 1. The van der Waals surface area contributed by atoms with E-state index >= 15 is 0 Å². The van der Waals surface area contributed by atoms with Crippen molar-refractivity contribution in [2.75, 3.05) is 12.3 Å². The predicted octanol–water partition coefficient (Wildman–Crippen LogP) is 8.67. The number of nitrogens with zero attached hydrogens (tertiary/aromatic N) is 3. The molecular formula is C28H44Cl2N4O2. The van der Waals surface area contributed by atoms with Crippen molar-refractivity contribution >= 4 is 51.9 Å². The molecule has 0 atom stereocenters. The first-order valence-electron chi connectivity index (χ1n) is 12.4. The van der Waals surface area contributed by atoms with Crippen molar-refractivity contribution < 1.29 is 9.53 Å². The number of hydrogen-bond acceptors (Lipinski definition) is 6. The van der Waals surface area contributed by atoms with Gasteiger partial charge in [0.2, 0.25) is 5.28 Å². The smallest absolute Gasteiger partial charge is 0.302 e. The number of nitrogen functional groups attached to an aromatic ring is 1. The highest BCUT2D eigenvalue weighted by Crippen LogP contribution is 2.24. The van der Waals surface area contributed by atoms with Gasteiger partial charge < -0.3 is 10.5 Å². The van der Waals surface area contributed by atoms with Crippen LogP contribution in [0.25, 0.3) is 5.03 Å². The van der Waals surface area contributed by atoms with Crippen molar-refractivity contribution in [1.82, 2.24) is 9.97 Å². The zero-order valence-electron chi connectivity index (χ0n) is 23.4. The number of unbranched alkanes of at least 4 members (excludes halogenated alkanes) is 2. The van der Waals surface area contributed by atoms with E-state index in [1.54, 1.807) is 20.1 Å². The van der Waals surface area contributed by atoms with E-state index in [9.17, 15) is 4.79 Å². The van der Waals surface area contributed by atoms with Crippen LogP contribution >= 0.6 is 23.2 Å². The fourth-order valence-electron chi connectivity index (χ4n) is 2.78. The summed E-state index contributed by atoms with van der Waals surface area (Å²) in [6.07, 6.45) is 7.95. The average molecular weight is 540 g/mol. The monoisotopic (exact) mass is 538 g/mol. The van der Waals surface area contributed by atoms with Gasteiger partial charge in [-0.15, -0.1) is 0 Å². The Balaban J connectivity index is 0. The first-order valence-corrected chi connectivity index (χ1v) is 13.2. The molecule has 0 fully saturated rings. The number of allylic oxidation sites excluding steroid dienone is 1. The molecule has 0 aliphatic rings. The predicted molar refractivity (Wildman–Crippen MR) is 158 cm³/mol. The summed E-state index contributed by atoms with van der Waals surface area (Å²) in [5, 5.41) is 0.986. The Morgan fingerprint density at radius 1 is 1.14 bits per heavy atom. The van der Waals surface area contributed by atoms with Crippen LogP contribution in [0.1, 0.15) is 90.1 Å². The van der Waals surface area contributed by atoms with Crippen molar-refractivity contribution in [3.8, 4) is 0 Å². The lowest BCUT2D eigenvalue weighted by Gasteiger charge is -2.05. The normalized spacial score (nSPS) is 10.4. The number of hydrogen-bond donors (Lipinski definition) is 1. The van der Waals surface area contributed by atoms with Crippen LogP contribution in [-0.2, 0) is 16.0 Å². The molecular weight excluding hydrogens is 495 g/mol. The van der Waals surface area contributed by atoms with Gasteiger partial charge in [0.15, 0.2) is 5.82 Å². The first kappa shape index (κ1) is 35.7. The van der Waals surface area contributed by atoms with E-state index < -0.39 is 0 Å². The quantitative estimate of drug-likeness (QED) is 0.165. The number of anilines is 1. The summed E-state index contributed by atoms with van der Waals surface area (Å²) < 4.78 is 4.70. The number of rotatable bonds is 7. The number of carbonyl (C=O) groups is 1. The lowest BCUT2D eigenvalue weighted by Crippen LogP contribution is -1.99. The zero-order chi connectivity index (χ0) is 28.1. The van der Waals surface area contributed by atoms with Gasteiger partial charge in [-0.05, 0) is 68.8 Å². The molecule has 1 aromatic heterocycles. The van der Waals surface area contributed by atoms with Crippen LogP contribution < -0.4 is 5.73 Å². The van der Waals surface area contributed by atoms with Gasteiger partial charge in [0.25, 0.3) is 0 Å². The average Bonchev–Trinajstić information content (AvgIpc) is 2.85. The first-order chi connectivity index (χ1) is 17.1. The Morgan fingerprint density at radius 3 is 2.22 bits per heavy atom. The molecule has 2 rings (SSSR count). The summed E-state index contributed by atoms with van der Waals surface area (Å²) in [6.45, 7) is 17.9. The van der Waals surface area contributed by atoms with E-state index in [4.69, 9.17) is 33.7 Å². The standard InChI is InChI=1S/C12H15Cl.C7H9ClN4.C7H14O2.C2H6/c1-4-10-6-7-11(9(3)8-10)12(13)5-2;1-3-10-5-4(2)11-7(8)12-6(5)9;1-3-4-5-6-9-7(2)8;1-2/h5-8H,4H2,1-3H3;3H,1-2H3,(H2,9,11,12);3-6H2,1-2H3;1-2H3/b12-5+;;;. The van der Waals surface area contributed by atoms with E-state index in [2.05, 4.69) is 53.9 Å². The third-order valence-corrected chi connectivity index (χ3v) is 5.17. The highest BCUT2D eigenvalue weighted by molar-refractivity contribution is 6.48. The van der Waals surface area contributed by atoms with Gasteiger partial charge in [0, 0.05) is 18.2 Å². The zero-order valence-corrected chi connectivity index (χ0v) is 24.9. The van der Waals surface area contributed by atoms with E-state index in [-0.39, 0.29) is 11.3 Å². The molecule has 0 aliphatic heterocycles. The van der Waals surface area contributed by atoms with E-state index in [0.717, 1.165) is 29.9 Å². The molecule has 0 unspecified atom stereocenters. The summed E-state index contributed by atoms with van der Waals surface area (Å²) in [7, 11) is 0. The van der Waals surface area contributed by atoms with Crippen LogP contribution in [0.2, 0.25) is 5.28 Å². The summed E-state index contributed by atoms with van der Waals surface area (Å²) in [5.41, 5.74) is 10.6. The number of halogens is 2. The second kappa shape index (κ2) is 21.8. The van der Waals surface area contributed by atoms with Crippen molar-refractivity contribution in [2.45, 2.75) is 88.0 Å². The summed E-state index contributed by atoms with van der Waals surface area (Å²) in [6, 6.07) is 6.42. The van der Waals surface area contributed by atoms with Crippen LogP contribution in [0.3, 0.4) is 0 Å². The van der Waals surface area contributed by atoms with Crippen LogP contribution in [0.5, 0.6) is 0 Å². The molecule has 0 spiro atoms. The van der Waals surface area contributed by atoms with E-state index in [0.29, 0.717) is 23.8 Å². The minimum atomic E-state index is -0.175. The molecule has 2 N–H and O–H groups in total. The molecule has 0 saturated heterocycles. The van der Waals surface area contributed by atoms with Gasteiger partial charge in [0.1, 0.15) is 5.69 Å². The number of ether oxygens (including phenoxy) is 1. The molecule has 8 heteroatoms. The number of aryl methyl sites for hydroxylation is 3.